The van der Waals surface area contributed by atoms with E-state index in [0.717, 1.165) is 67.0 Å². The lowest BCUT2D eigenvalue weighted by molar-refractivity contribution is 0.0985. The van der Waals surface area contributed by atoms with Crippen molar-refractivity contribution in [2.24, 2.45) is 0 Å². The van der Waals surface area contributed by atoms with Crippen LogP contribution in [-0.4, -0.2) is 70.4 Å². The summed E-state index contributed by atoms with van der Waals surface area (Å²) >= 11 is 0. The number of nitrogens with zero attached hydrogens (tertiary/aromatic N) is 2. The standard InChI is InChI=1S/C32H37N3O5/c1-37-28-9-7-26(21-31(28)40-4)35(32(36)25-6-8-27-24(18-25)10-13-33-27)15-5-14-34-16-11-22-19-29(38-2)30(39-3)20-23(22)12-17-34/h6-10,13,18-21,33H,5,11-12,14-17H2,1-4H3. The number of H-pyrrole nitrogens is 1. The van der Waals surface area contributed by atoms with Crippen molar-refractivity contribution in [3.05, 3.63) is 77.5 Å². The van der Waals surface area contributed by atoms with Gasteiger partial charge in [-0.05, 0) is 85.5 Å². The van der Waals surface area contributed by atoms with Crippen LogP contribution in [0.1, 0.15) is 27.9 Å². The highest BCUT2D eigenvalue weighted by molar-refractivity contribution is 6.08. The molecule has 8 heteroatoms. The fourth-order valence-corrected chi connectivity index (χ4v) is 5.46. The third-order valence-corrected chi connectivity index (χ3v) is 7.68. The van der Waals surface area contributed by atoms with E-state index in [-0.39, 0.29) is 5.91 Å². The third-order valence-electron chi connectivity index (χ3n) is 7.68. The van der Waals surface area contributed by atoms with Crippen LogP contribution in [0.3, 0.4) is 0 Å². The van der Waals surface area contributed by atoms with Crippen molar-refractivity contribution in [3.63, 3.8) is 0 Å². The molecule has 0 atom stereocenters. The number of aromatic nitrogens is 1. The first-order valence-corrected chi connectivity index (χ1v) is 13.6. The molecule has 0 unspecified atom stereocenters. The van der Waals surface area contributed by atoms with E-state index >= 15 is 0 Å². The summed E-state index contributed by atoms with van der Waals surface area (Å²) in [5.41, 5.74) is 5.05. The van der Waals surface area contributed by atoms with E-state index in [1.807, 2.05) is 53.6 Å². The van der Waals surface area contributed by atoms with Crippen LogP contribution in [0, 0.1) is 0 Å². The van der Waals surface area contributed by atoms with Crippen molar-refractivity contribution in [2.75, 3.05) is 59.5 Å². The van der Waals surface area contributed by atoms with Gasteiger partial charge in [-0.3, -0.25) is 4.79 Å². The van der Waals surface area contributed by atoms with Crippen LogP contribution in [0.5, 0.6) is 23.0 Å². The summed E-state index contributed by atoms with van der Waals surface area (Å²) in [6, 6.07) is 17.6. The first kappa shape index (κ1) is 27.4. The number of rotatable bonds is 10. The molecule has 0 saturated heterocycles. The predicted molar refractivity (Wildman–Crippen MR) is 158 cm³/mol. The Bertz CT molecular complexity index is 1450. The average molecular weight is 544 g/mol. The Labute approximate surface area is 235 Å². The maximum Gasteiger partial charge on any atom is 0.258 e. The summed E-state index contributed by atoms with van der Waals surface area (Å²) < 4.78 is 22.0. The van der Waals surface area contributed by atoms with Gasteiger partial charge < -0.3 is 33.7 Å². The number of aromatic amines is 1. The van der Waals surface area contributed by atoms with E-state index in [4.69, 9.17) is 18.9 Å². The summed E-state index contributed by atoms with van der Waals surface area (Å²) in [7, 11) is 6.57. The largest absolute Gasteiger partial charge is 0.493 e. The van der Waals surface area contributed by atoms with E-state index in [0.29, 0.717) is 23.6 Å². The normalized spacial score (nSPS) is 13.4. The van der Waals surface area contributed by atoms with Crippen LogP contribution in [0.2, 0.25) is 0 Å². The molecular formula is C32H37N3O5. The molecule has 4 aromatic rings. The van der Waals surface area contributed by atoms with Crippen molar-refractivity contribution in [2.45, 2.75) is 19.3 Å². The van der Waals surface area contributed by atoms with Gasteiger partial charge >= 0.3 is 0 Å². The van der Waals surface area contributed by atoms with Gasteiger partial charge in [-0.1, -0.05) is 0 Å². The van der Waals surface area contributed by atoms with Crippen molar-refractivity contribution in [3.8, 4) is 23.0 Å². The van der Waals surface area contributed by atoms with Crippen molar-refractivity contribution in [1.82, 2.24) is 9.88 Å². The monoisotopic (exact) mass is 543 g/mol. The highest BCUT2D eigenvalue weighted by Gasteiger charge is 2.22. The SMILES string of the molecule is COc1ccc(N(CCCN2CCc3cc(OC)c(OC)cc3CC2)C(=O)c2ccc3[nH]ccc3c2)cc1OC. The number of amides is 1. The Kier molecular flexibility index (Phi) is 8.45. The van der Waals surface area contributed by atoms with E-state index < -0.39 is 0 Å². The molecule has 210 valence electrons. The lowest BCUT2D eigenvalue weighted by Crippen LogP contribution is -2.35. The minimum Gasteiger partial charge on any atom is -0.493 e. The van der Waals surface area contributed by atoms with Gasteiger partial charge in [0, 0.05) is 54.1 Å². The summed E-state index contributed by atoms with van der Waals surface area (Å²) in [6.07, 6.45) is 4.61. The number of hydrogen-bond acceptors (Lipinski definition) is 6. The minimum atomic E-state index is -0.0437. The highest BCUT2D eigenvalue weighted by atomic mass is 16.5. The molecule has 0 bridgehead atoms. The van der Waals surface area contributed by atoms with Gasteiger partial charge in [0.05, 0.1) is 28.4 Å². The second kappa shape index (κ2) is 12.3. The first-order valence-electron chi connectivity index (χ1n) is 13.6. The number of nitrogens with one attached hydrogen (secondary N) is 1. The molecule has 0 radical (unpaired) electrons. The Morgan fingerprint density at radius 2 is 1.45 bits per heavy atom. The molecule has 5 rings (SSSR count). The van der Waals surface area contributed by atoms with Gasteiger partial charge in [-0.15, -0.1) is 0 Å². The van der Waals surface area contributed by atoms with Gasteiger partial charge in [0.2, 0.25) is 0 Å². The molecule has 0 fully saturated rings. The predicted octanol–water partition coefficient (Wildman–Crippen LogP) is 5.34. The number of ether oxygens (including phenoxy) is 4. The number of benzene rings is 3. The molecule has 1 aliphatic rings. The van der Waals surface area contributed by atoms with E-state index in [1.165, 1.54) is 11.1 Å². The number of fused-ring (bicyclic) bond motifs is 2. The Balaban J connectivity index is 1.32. The zero-order valence-corrected chi connectivity index (χ0v) is 23.7. The molecule has 1 amide bonds. The quantitative estimate of drug-likeness (QED) is 0.291. The fraction of sp³-hybridized carbons (Fsp3) is 0.344. The second-order valence-corrected chi connectivity index (χ2v) is 9.95. The summed E-state index contributed by atoms with van der Waals surface area (Å²) in [4.78, 5) is 21.4. The minimum absolute atomic E-state index is 0.0437. The van der Waals surface area contributed by atoms with Crippen molar-refractivity contribution in [1.29, 1.82) is 0 Å². The molecule has 3 aromatic carbocycles. The molecule has 40 heavy (non-hydrogen) atoms. The molecule has 0 spiro atoms. The lowest BCUT2D eigenvalue weighted by atomic mass is 10.0. The molecule has 1 N–H and O–H groups in total. The van der Waals surface area contributed by atoms with Crippen LogP contribution < -0.4 is 23.8 Å². The summed E-state index contributed by atoms with van der Waals surface area (Å²) in [5, 5.41) is 1.01. The van der Waals surface area contributed by atoms with Gasteiger partial charge in [-0.25, -0.2) is 0 Å². The molecule has 0 saturated carbocycles. The van der Waals surface area contributed by atoms with E-state index in [9.17, 15) is 4.79 Å². The van der Waals surface area contributed by atoms with Crippen LogP contribution in [0.4, 0.5) is 5.69 Å². The number of carbonyl (C=O) groups is 1. The third kappa shape index (κ3) is 5.72. The lowest BCUT2D eigenvalue weighted by Gasteiger charge is -2.26. The number of anilines is 1. The molecular weight excluding hydrogens is 506 g/mol. The molecule has 2 heterocycles. The number of carbonyl (C=O) groups excluding carboxylic acids is 1. The number of hydrogen-bond donors (Lipinski definition) is 1. The van der Waals surface area contributed by atoms with Gasteiger partial charge in [0.1, 0.15) is 0 Å². The Morgan fingerprint density at radius 3 is 2.10 bits per heavy atom. The number of methoxy groups -OCH3 is 4. The van der Waals surface area contributed by atoms with Crippen LogP contribution in [0.25, 0.3) is 10.9 Å². The molecule has 1 aromatic heterocycles. The maximum absolute atomic E-state index is 13.9. The van der Waals surface area contributed by atoms with E-state index in [2.05, 4.69) is 22.0 Å². The van der Waals surface area contributed by atoms with Gasteiger partial charge in [-0.2, -0.15) is 0 Å². The van der Waals surface area contributed by atoms with Crippen molar-refractivity contribution < 1.29 is 23.7 Å². The summed E-state index contributed by atoms with van der Waals surface area (Å²) in [5.74, 6) is 2.73. The van der Waals surface area contributed by atoms with Crippen LogP contribution in [0.15, 0.2) is 60.8 Å². The summed E-state index contributed by atoms with van der Waals surface area (Å²) in [6.45, 7) is 3.37. The average Bonchev–Trinajstić information content (AvgIpc) is 3.38. The van der Waals surface area contributed by atoms with Gasteiger partial charge in [0.15, 0.2) is 23.0 Å². The highest BCUT2D eigenvalue weighted by Crippen LogP contribution is 2.34. The topological polar surface area (TPSA) is 76.3 Å². The Morgan fingerprint density at radius 1 is 0.800 bits per heavy atom. The van der Waals surface area contributed by atoms with Crippen molar-refractivity contribution >= 4 is 22.5 Å². The van der Waals surface area contributed by atoms with Crippen LogP contribution >= 0.6 is 0 Å². The molecule has 1 aliphatic heterocycles. The zero-order chi connectivity index (χ0) is 28.1. The zero-order valence-electron chi connectivity index (χ0n) is 23.7. The molecule has 8 nitrogen and oxygen atoms in total. The second-order valence-electron chi connectivity index (χ2n) is 9.95. The van der Waals surface area contributed by atoms with Crippen LogP contribution in [-0.2, 0) is 12.8 Å². The molecule has 0 aliphatic carbocycles. The fourth-order valence-electron chi connectivity index (χ4n) is 5.46. The van der Waals surface area contributed by atoms with E-state index in [1.54, 1.807) is 28.4 Å². The maximum atomic E-state index is 13.9. The first-order chi connectivity index (χ1) is 19.5. The van der Waals surface area contributed by atoms with Gasteiger partial charge in [0.25, 0.3) is 5.91 Å². The Hall–Kier alpha value is -4.17. The smallest absolute Gasteiger partial charge is 0.258 e.